The molecule has 0 unspecified atom stereocenters. The summed E-state index contributed by atoms with van der Waals surface area (Å²) in [5, 5.41) is 8.88. The third-order valence-corrected chi connectivity index (χ3v) is 7.33. The van der Waals surface area contributed by atoms with Gasteiger partial charge in [0, 0.05) is 49.8 Å². The number of aliphatic carboxylic acids is 1. The minimum absolute atomic E-state index is 0.0669. The Morgan fingerprint density at radius 3 is 2.68 bits per heavy atom. The number of halogens is 2. The second kappa shape index (κ2) is 12.6. The molecule has 0 aromatic heterocycles. The number of hydrogen-bond donors (Lipinski definition) is 1. The smallest absolute Gasteiger partial charge is 0.303 e. The van der Waals surface area contributed by atoms with E-state index in [1.807, 2.05) is 0 Å². The minimum atomic E-state index is -0.940. The average molecular weight is 549 g/mol. The Morgan fingerprint density at radius 1 is 1.16 bits per heavy atom. The van der Waals surface area contributed by atoms with Crippen molar-refractivity contribution in [3.8, 4) is 16.9 Å². The number of rotatable bonds is 10. The van der Waals surface area contributed by atoms with E-state index in [0.717, 1.165) is 30.9 Å². The first-order valence-electron chi connectivity index (χ1n) is 11.8. The van der Waals surface area contributed by atoms with Crippen LogP contribution in [0.4, 0.5) is 8.78 Å². The maximum atomic E-state index is 14.5. The van der Waals surface area contributed by atoms with Gasteiger partial charge in [0.05, 0.1) is 18.1 Å². The molecule has 2 fully saturated rings. The van der Waals surface area contributed by atoms with Gasteiger partial charge in [0.25, 0.3) is 5.91 Å². The molecule has 2 aliphatic heterocycles. The summed E-state index contributed by atoms with van der Waals surface area (Å²) < 4.78 is 39.7. The first-order valence-corrected chi connectivity index (χ1v) is 13.0. The molecular weight excluding hydrogens is 522 g/mol. The predicted octanol–water partition coefficient (Wildman–Crippen LogP) is 4.41. The Balaban J connectivity index is 1.58. The van der Waals surface area contributed by atoms with Crippen molar-refractivity contribution in [1.82, 2.24) is 9.80 Å². The fourth-order valence-electron chi connectivity index (χ4n) is 4.02. The van der Waals surface area contributed by atoms with Crippen molar-refractivity contribution < 1.29 is 33.0 Å². The van der Waals surface area contributed by atoms with Crippen LogP contribution < -0.4 is 4.74 Å². The normalized spacial score (nSPS) is 17.6. The summed E-state index contributed by atoms with van der Waals surface area (Å²) in [6.07, 6.45) is 1.86. The maximum absolute atomic E-state index is 14.5. The van der Waals surface area contributed by atoms with E-state index in [2.05, 4.69) is 4.90 Å². The molecule has 4 rings (SSSR count). The molecule has 7 nitrogen and oxygen atoms in total. The number of carboxylic acid groups (broad SMARTS) is 1. The van der Waals surface area contributed by atoms with E-state index in [9.17, 15) is 18.4 Å². The van der Waals surface area contributed by atoms with Gasteiger partial charge in [-0.15, -0.1) is 0 Å². The van der Waals surface area contributed by atoms with Gasteiger partial charge >= 0.3 is 5.97 Å². The Kier molecular flexibility index (Phi) is 9.25. The standard InChI is InChI=1S/C26H26F2N2O5S2/c27-19-4-5-20(21(28)16-19)17-3-6-22(35-13-10-29-8-11-34-12-9-29)18(14-17)15-23-25(33)30(26(36)37-23)7-1-2-24(31)32/h3-6,14-16H,1-2,7-13H2,(H,31,32)/b23-15-. The molecule has 0 radical (unpaired) electrons. The molecule has 196 valence electrons. The van der Waals surface area contributed by atoms with Crippen molar-refractivity contribution in [2.75, 3.05) is 46.0 Å². The summed E-state index contributed by atoms with van der Waals surface area (Å²) in [4.78, 5) is 27.8. The molecule has 0 bridgehead atoms. The molecule has 0 saturated carbocycles. The molecule has 2 saturated heterocycles. The zero-order valence-corrected chi connectivity index (χ0v) is 21.6. The van der Waals surface area contributed by atoms with Gasteiger partial charge in [0.1, 0.15) is 28.3 Å². The SMILES string of the molecule is O=C(O)CCCN1C(=O)/C(=C/c2cc(-c3ccc(F)cc3F)ccc2OCCN2CCOCC2)SC1=S. The lowest BCUT2D eigenvalue weighted by atomic mass is 10.0. The number of hydrogen-bond acceptors (Lipinski definition) is 7. The molecule has 0 atom stereocenters. The summed E-state index contributed by atoms with van der Waals surface area (Å²) in [6.45, 7) is 4.31. The van der Waals surface area contributed by atoms with Gasteiger partial charge in [-0.3, -0.25) is 19.4 Å². The number of thioether (sulfide) groups is 1. The lowest BCUT2D eigenvalue weighted by Gasteiger charge is -2.26. The van der Waals surface area contributed by atoms with E-state index >= 15 is 0 Å². The van der Waals surface area contributed by atoms with Gasteiger partial charge in [0.15, 0.2) is 0 Å². The lowest BCUT2D eigenvalue weighted by Crippen LogP contribution is -2.38. The van der Waals surface area contributed by atoms with Gasteiger partial charge in [0.2, 0.25) is 0 Å². The molecule has 11 heteroatoms. The van der Waals surface area contributed by atoms with Crippen molar-refractivity contribution in [1.29, 1.82) is 0 Å². The van der Waals surface area contributed by atoms with Crippen LogP contribution in [0.1, 0.15) is 18.4 Å². The molecular formula is C26H26F2N2O5S2. The van der Waals surface area contributed by atoms with Crippen LogP contribution in [0.15, 0.2) is 41.3 Å². The van der Waals surface area contributed by atoms with E-state index < -0.39 is 17.6 Å². The number of carbonyl (C=O) groups excluding carboxylic acids is 1. The average Bonchev–Trinajstić information content (AvgIpc) is 3.13. The quantitative estimate of drug-likeness (QED) is 0.346. The lowest BCUT2D eigenvalue weighted by molar-refractivity contribution is -0.137. The summed E-state index contributed by atoms with van der Waals surface area (Å²) >= 11 is 6.46. The van der Waals surface area contributed by atoms with Crippen molar-refractivity contribution in [3.05, 3.63) is 58.5 Å². The van der Waals surface area contributed by atoms with Crippen LogP contribution in [0.3, 0.4) is 0 Å². The van der Waals surface area contributed by atoms with Gasteiger partial charge < -0.3 is 14.6 Å². The van der Waals surface area contributed by atoms with Crippen LogP contribution in [-0.2, 0) is 14.3 Å². The topological polar surface area (TPSA) is 79.3 Å². The van der Waals surface area contributed by atoms with E-state index in [1.165, 1.54) is 17.0 Å². The Labute approximate surface area is 223 Å². The second-order valence-electron chi connectivity index (χ2n) is 8.51. The maximum Gasteiger partial charge on any atom is 0.303 e. The van der Waals surface area contributed by atoms with Gasteiger partial charge in [-0.1, -0.05) is 30.0 Å². The summed E-state index contributed by atoms with van der Waals surface area (Å²) in [6, 6.07) is 8.46. The third-order valence-electron chi connectivity index (χ3n) is 5.95. The Bertz CT molecular complexity index is 1220. The van der Waals surface area contributed by atoms with E-state index in [-0.39, 0.29) is 30.9 Å². The number of benzene rings is 2. The fourth-order valence-corrected chi connectivity index (χ4v) is 5.32. The molecule has 2 aromatic rings. The fraction of sp³-hybridized carbons (Fsp3) is 0.346. The van der Waals surface area contributed by atoms with E-state index in [4.69, 9.17) is 26.8 Å². The molecule has 37 heavy (non-hydrogen) atoms. The summed E-state index contributed by atoms with van der Waals surface area (Å²) in [5.74, 6) is -2.12. The molecule has 0 aliphatic carbocycles. The van der Waals surface area contributed by atoms with E-state index in [1.54, 1.807) is 24.3 Å². The third kappa shape index (κ3) is 7.13. The Morgan fingerprint density at radius 2 is 1.95 bits per heavy atom. The van der Waals surface area contributed by atoms with Crippen LogP contribution in [0.5, 0.6) is 5.75 Å². The summed E-state index contributed by atoms with van der Waals surface area (Å²) in [5.41, 5.74) is 1.27. The van der Waals surface area contributed by atoms with E-state index in [0.29, 0.717) is 52.5 Å². The molecule has 2 aliphatic rings. The highest BCUT2D eigenvalue weighted by Gasteiger charge is 2.32. The number of morpholine rings is 1. The van der Waals surface area contributed by atoms with Crippen LogP contribution >= 0.6 is 24.0 Å². The van der Waals surface area contributed by atoms with Gasteiger partial charge in [-0.2, -0.15) is 0 Å². The van der Waals surface area contributed by atoms with Crippen molar-refractivity contribution in [2.45, 2.75) is 12.8 Å². The number of amides is 1. The number of carboxylic acids is 1. The number of thiocarbonyl (C=S) groups is 1. The minimum Gasteiger partial charge on any atom is -0.492 e. The molecule has 1 amide bonds. The second-order valence-corrected chi connectivity index (χ2v) is 10.2. The highest BCUT2D eigenvalue weighted by molar-refractivity contribution is 8.26. The zero-order chi connectivity index (χ0) is 26.4. The van der Waals surface area contributed by atoms with Crippen molar-refractivity contribution in [2.24, 2.45) is 0 Å². The predicted molar refractivity (Wildman–Crippen MR) is 141 cm³/mol. The highest BCUT2D eigenvalue weighted by atomic mass is 32.2. The highest BCUT2D eigenvalue weighted by Crippen LogP contribution is 2.36. The number of carbonyl (C=O) groups is 2. The molecule has 1 N–H and O–H groups in total. The van der Waals surface area contributed by atoms with Crippen molar-refractivity contribution in [3.63, 3.8) is 0 Å². The zero-order valence-electron chi connectivity index (χ0n) is 20.0. The Hall–Kier alpha value is -2.86. The van der Waals surface area contributed by atoms with Crippen LogP contribution in [0.25, 0.3) is 17.2 Å². The monoisotopic (exact) mass is 548 g/mol. The van der Waals surface area contributed by atoms with Gasteiger partial charge in [-0.05, 0) is 42.3 Å². The van der Waals surface area contributed by atoms with Crippen LogP contribution in [0, 0.1) is 11.6 Å². The first kappa shape index (κ1) is 27.2. The number of ether oxygens (including phenoxy) is 2. The molecule has 2 aromatic carbocycles. The largest absolute Gasteiger partial charge is 0.492 e. The van der Waals surface area contributed by atoms with Gasteiger partial charge in [-0.25, -0.2) is 8.78 Å². The molecule has 0 spiro atoms. The van der Waals surface area contributed by atoms with Crippen LogP contribution in [-0.4, -0.2) is 77.1 Å². The first-order chi connectivity index (χ1) is 17.8. The number of nitrogens with zero attached hydrogens (tertiary/aromatic N) is 2. The molecule has 2 heterocycles. The van der Waals surface area contributed by atoms with Crippen molar-refractivity contribution >= 4 is 46.3 Å². The summed E-state index contributed by atoms with van der Waals surface area (Å²) in [7, 11) is 0. The van der Waals surface area contributed by atoms with Crippen LogP contribution in [0.2, 0.25) is 0 Å².